The van der Waals surface area contributed by atoms with Crippen molar-refractivity contribution in [1.29, 1.82) is 0 Å². The van der Waals surface area contributed by atoms with Crippen molar-refractivity contribution in [2.75, 3.05) is 40.6 Å². The molecule has 6 nitrogen and oxygen atoms in total. The van der Waals surface area contributed by atoms with Crippen LogP contribution in [0.3, 0.4) is 0 Å². The quantitative estimate of drug-likeness (QED) is 0.548. The van der Waals surface area contributed by atoms with Crippen LogP contribution >= 0.6 is 0 Å². The predicted molar refractivity (Wildman–Crippen MR) is 83.0 cm³/mol. The van der Waals surface area contributed by atoms with Crippen LogP contribution in [0.25, 0.3) is 0 Å². The van der Waals surface area contributed by atoms with Crippen LogP contribution in [0.5, 0.6) is 0 Å². The minimum atomic E-state index is -1.13. The van der Waals surface area contributed by atoms with Crippen LogP contribution in [-0.2, 0) is 28.4 Å². The Morgan fingerprint density at radius 1 is 0.957 bits per heavy atom. The fourth-order valence-electron chi connectivity index (χ4n) is 3.19. The van der Waals surface area contributed by atoms with E-state index in [0.717, 1.165) is 19.4 Å². The highest BCUT2D eigenvalue weighted by Crippen LogP contribution is 2.44. The molecule has 0 aromatic heterocycles. The Hall–Kier alpha value is -0.760. The highest BCUT2D eigenvalue weighted by molar-refractivity contribution is 5.32. The number of hydrogen-bond acceptors (Lipinski definition) is 6. The van der Waals surface area contributed by atoms with E-state index in [9.17, 15) is 0 Å². The monoisotopic (exact) mass is 326 g/mol. The van der Waals surface area contributed by atoms with E-state index in [1.54, 1.807) is 14.2 Å². The van der Waals surface area contributed by atoms with E-state index < -0.39 is 17.2 Å². The van der Waals surface area contributed by atoms with Gasteiger partial charge in [-0.25, -0.2) is 0 Å². The van der Waals surface area contributed by atoms with Crippen LogP contribution < -0.4 is 0 Å². The third kappa shape index (κ3) is 2.67. The third-order valence-electron chi connectivity index (χ3n) is 4.74. The molecule has 1 unspecified atom stereocenters. The first kappa shape index (κ1) is 17.1. The average Bonchev–Trinajstić information content (AvgIpc) is 2.74. The van der Waals surface area contributed by atoms with E-state index in [-0.39, 0.29) is 6.10 Å². The molecule has 3 aliphatic rings. The van der Waals surface area contributed by atoms with Gasteiger partial charge < -0.3 is 28.4 Å². The van der Waals surface area contributed by atoms with Gasteiger partial charge in [-0.1, -0.05) is 13.3 Å². The first-order valence-electron chi connectivity index (χ1n) is 8.20. The zero-order valence-corrected chi connectivity index (χ0v) is 14.1. The summed E-state index contributed by atoms with van der Waals surface area (Å²) in [4.78, 5) is 0. The van der Waals surface area contributed by atoms with Crippen LogP contribution in [0, 0.1) is 0 Å². The molecule has 2 aliphatic heterocycles. The number of unbranched alkanes of at least 4 members (excludes halogenated alkanes) is 1. The first-order chi connectivity index (χ1) is 11.2. The summed E-state index contributed by atoms with van der Waals surface area (Å²) >= 11 is 0. The van der Waals surface area contributed by atoms with Crippen LogP contribution in [0.2, 0.25) is 0 Å². The van der Waals surface area contributed by atoms with Gasteiger partial charge in [0.15, 0.2) is 0 Å². The summed E-state index contributed by atoms with van der Waals surface area (Å²) in [6.45, 7) is 4.31. The maximum atomic E-state index is 5.96. The van der Waals surface area contributed by atoms with Crippen molar-refractivity contribution in [1.82, 2.24) is 0 Å². The summed E-state index contributed by atoms with van der Waals surface area (Å²) in [5.74, 6) is -2.26. The predicted octanol–water partition coefficient (Wildman–Crippen LogP) is 1.80. The lowest BCUT2D eigenvalue weighted by Crippen LogP contribution is -2.61. The number of methoxy groups -OCH3 is 2. The molecule has 2 saturated heterocycles. The van der Waals surface area contributed by atoms with Gasteiger partial charge in [0.2, 0.25) is 11.6 Å². The van der Waals surface area contributed by atoms with E-state index in [1.807, 2.05) is 24.3 Å². The van der Waals surface area contributed by atoms with Crippen molar-refractivity contribution in [3.63, 3.8) is 0 Å². The van der Waals surface area contributed by atoms with Crippen LogP contribution in [-0.4, -0.2) is 63.9 Å². The summed E-state index contributed by atoms with van der Waals surface area (Å²) in [5.41, 5.74) is -0.616. The molecular formula is C17H26O6. The normalized spacial score (nSPS) is 38.1. The van der Waals surface area contributed by atoms with Crippen molar-refractivity contribution in [2.24, 2.45) is 0 Å². The van der Waals surface area contributed by atoms with E-state index in [0.29, 0.717) is 19.8 Å². The molecule has 6 heteroatoms. The van der Waals surface area contributed by atoms with Gasteiger partial charge in [0.1, 0.15) is 11.7 Å². The van der Waals surface area contributed by atoms with Gasteiger partial charge in [-0.3, -0.25) is 0 Å². The third-order valence-corrected chi connectivity index (χ3v) is 4.74. The SMILES string of the molecule is CCCCOC1COC12C=C[C@@]1(OC)OCCO[C@]1(OC)C=C2. The number of rotatable bonds is 6. The molecule has 0 amide bonds. The van der Waals surface area contributed by atoms with Crippen LogP contribution in [0.4, 0.5) is 0 Å². The topological polar surface area (TPSA) is 55.4 Å². The van der Waals surface area contributed by atoms with E-state index in [1.165, 1.54) is 0 Å². The second-order valence-electron chi connectivity index (χ2n) is 5.98. The summed E-state index contributed by atoms with van der Waals surface area (Å²) in [6.07, 6.45) is 9.63. The Labute approximate surface area is 137 Å². The van der Waals surface area contributed by atoms with Gasteiger partial charge in [0, 0.05) is 20.8 Å². The molecule has 0 radical (unpaired) electrons. The maximum Gasteiger partial charge on any atom is 0.248 e. The zero-order valence-electron chi connectivity index (χ0n) is 14.1. The molecule has 1 aliphatic carbocycles. The summed E-state index contributed by atoms with van der Waals surface area (Å²) in [7, 11) is 3.16. The summed E-state index contributed by atoms with van der Waals surface area (Å²) < 4.78 is 34.9. The Bertz CT molecular complexity index is 446. The molecule has 3 rings (SSSR count). The van der Waals surface area contributed by atoms with Gasteiger partial charge in [-0.05, 0) is 30.7 Å². The molecule has 1 spiro atoms. The van der Waals surface area contributed by atoms with Crippen molar-refractivity contribution in [3.8, 4) is 0 Å². The summed E-state index contributed by atoms with van der Waals surface area (Å²) in [5, 5.41) is 0. The molecule has 2 fully saturated rings. The second kappa shape index (κ2) is 6.63. The van der Waals surface area contributed by atoms with Gasteiger partial charge in [0.05, 0.1) is 19.8 Å². The van der Waals surface area contributed by atoms with E-state index >= 15 is 0 Å². The van der Waals surface area contributed by atoms with Gasteiger partial charge >= 0.3 is 0 Å². The molecule has 3 atom stereocenters. The molecule has 0 aromatic carbocycles. The Morgan fingerprint density at radius 2 is 1.57 bits per heavy atom. The van der Waals surface area contributed by atoms with E-state index in [2.05, 4.69) is 6.92 Å². The largest absolute Gasteiger partial charge is 0.372 e. The summed E-state index contributed by atoms with van der Waals surface area (Å²) in [6, 6.07) is 0. The number of ether oxygens (including phenoxy) is 6. The van der Waals surface area contributed by atoms with Gasteiger partial charge in [-0.15, -0.1) is 0 Å². The lowest BCUT2D eigenvalue weighted by atomic mass is 9.90. The molecule has 0 N–H and O–H groups in total. The molecule has 130 valence electrons. The first-order valence-corrected chi connectivity index (χ1v) is 8.20. The fraction of sp³-hybridized carbons (Fsp3) is 0.765. The number of hydrogen-bond donors (Lipinski definition) is 0. The van der Waals surface area contributed by atoms with Gasteiger partial charge in [0.25, 0.3) is 0 Å². The second-order valence-corrected chi connectivity index (χ2v) is 5.98. The zero-order chi connectivity index (χ0) is 16.4. The Morgan fingerprint density at radius 3 is 2.00 bits per heavy atom. The molecule has 0 aromatic rings. The highest BCUT2D eigenvalue weighted by Gasteiger charge is 2.59. The lowest BCUT2D eigenvalue weighted by molar-refractivity contribution is -0.389. The van der Waals surface area contributed by atoms with Crippen LogP contribution in [0.15, 0.2) is 24.3 Å². The molecule has 2 heterocycles. The van der Waals surface area contributed by atoms with Crippen molar-refractivity contribution in [3.05, 3.63) is 24.3 Å². The molecule has 0 saturated carbocycles. The standard InChI is InChI=1S/C17H26O6/c1-4-5-10-20-14-13-23-15(14)6-8-16(18-2)17(19-3,9-7-15)22-12-11-21-16/h6-9,14H,4-5,10-13H2,1-3H3/t14?,16-,17-/m1/s1. The molecular weight excluding hydrogens is 300 g/mol. The maximum absolute atomic E-state index is 5.96. The average molecular weight is 326 g/mol. The Balaban J connectivity index is 1.87. The molecule has 23 heavy (non-hydrogen) atoms. The highest BCUT2D eigenvalue weighted by atomic mass is 16.8. The fourth-order valence-corrected chi connectivity index (χ4v) is 3.19. The minimum Gasteiger partial charge on any atom is -0.372 e. The van der Waals surface area contributed by atoms with Crippen LogP contribution in [0.1, 0.15) is 19.8 Å². The Kier molecular flexibility index (Phi) is 4.92. The smallest absolute Gasteiger partial charge is 0.248 e. The van der Waals surface area contributed by atoms with Gasteiger partial charge in [-0.2, -0.15) is 0 Å². The van der Waals surface area contributed by atoms with Crippen molar-refractivity contribution < 1.29 is 28.4 Å². The lowest BCUT2D eigenvalue weighted by Gasteiger charge is -2.46. The van der Waals surface area contributed by atoms with E-state index in [4.69, 9.17) is 28.4 Å². The van der Waals surface area contributed by atoms with Crippen molar-refractivity contribution >= 4 is 0 Å². The minimum absolute atomic E-state index is 0.0236. The van der Waals surface area contributed by atoms with Crippen molar-refractivity contribution in [2.45, 2.75) is 43.0 Å². The number of fused-ring (bicyclic) bond motifs is 1. The molecule has 0 bridgehead atoms.